The van der Waals surface area contributed by atoms with E-state index in [-0.39, 0.29) is 0 Å². The van der Waals surface area contributed by atoms with Crippen LogP contribution in [0.1, 0.15) is 93.9 Å². The highest BCUT2D eigenvalue weighted by atomic mass is 19.1. The van der Waals surface area contributed by atoms with Gasteiger partial charge in [-0.15, -0.1) is 0 Å². The lowest BCUT2D eigenvalue weighted by Gasteiger charge is -2.31. The predicted molar refractivity (Wildman–Crippen MR) is 136 cm³/mol. The molecule has 2 aliphatic carbocycles. The van der Waals surface area contributed by atoms with E-state index in [1.165, 1.54) is 12.5 Å². The fourth-order valence-corrected chi connectivity index (χ4v) is 5.71. The number of rotatable bonds is 8. The maximum Gasteiger partial charge on any atom is 0.136 e. The molecular formula is C30H40F2N2. The SMILES string of the molecule is CC#N.CC(CCc1c(C2(F)CCCC2)cccc1C1(F)CCCC1)N(C)Cc1ccccc1. The Labute approximate surface area is 205 Å². The molecule has 184 valence electrons. The van der Waals surface area contributed by atoms with Gasteiger partial charge in [0.05, 0.1) is 6.07 Å². The summed E-state index contributed by atoms with van der Waals surface area (Å²) in [5.74, 6) is 0. The Hall–Kier alpha value is -2.25. The van der Waals surface area contributed by atoms with Gasteiger partial charge in [-0.3, -0.25) is 4.90 Å². The lowest BCUT2D eigenvalue weighted by molar-refractivity contribution is 0.161. The Morgan fingerprint density at radius 3 is 1.82 bits per heavy atom. The monoisotopic (exact) mass is 466 g/mol. The van der Waals surface area contributed by atoms with Crippen LogP contribution in [-0.2, 0) is 24.3 Å². The normalized spacial score (nSPS) is 19.3. The van der Waals surface area contributed by atoms with Gasteiger partial charge in [0.2, 0.25) is 0 Å². The summed E-state index contributed by atoms with van der Waals surface area (Å²) < 4.78 is 31.9. The predicted octanol–water partition coefficient (Wildman–Crippen LogP) is 8.15. The van der Waals surface area contributed by atoms with Crippen LogP contribution in [0.3, 0.4) is 0 Å². The van der Waals surface area contributed by atoms with Gasteiger partial charge in [-0.05, 0) is 100 Å². The van der Waals surface area contributed by atoms with E-state index in [2.05, 4.69) is 43.1 Å². The number of alkyl halides is 2. The summed E-state index contributed by atoms with van der Waals surface area (Å²) in [6.45, 7) is 4.55. The van der Waals surface area contributed by atoms with Gasteiger partial charge < -0.3 is 0 Å². The van der Waals surface area contributed by atoms with Gasteiger partial charge in [0.25, 0.3) is 0 Å². The molecule has 2 saturated carbocycles. The standard InChI is InChI=1S/C28H37F2N.C2H3N/c1-22(31(2)21-23-11-4-3-5-12-23)15-16-24-25(27(29)17-6-7-18-27)13-10-14-26(24)28(30)19-8-9-20-28;1-2-3/h3-5,10-14,22H,6-9,15-21H2,1-2H3;1H3. The van der Waals surface area contributed by atoms with Crippen LogP contribution in [0, 0.1) is 11.3 Å². The first-order chi connectivity index (χ1) is 16.3. The average Bonchev–Trinajstić information content (AvgIpc) is 3.48. The van der Waals surface area contributed by atoms with Crippen molar-refractivity contribution >= 4 is 0 Å². The second-order valence-electron chi connectivity index (χ2n) is 10.2. The Kier molecular flexibility index (Phi) is 9.25. The third kappa shape index (κ3) is 6.25. The Balaban J connectivity index is 0.00000103. The fraction of sp³-hybridized carbons (Fsp3) is 0.567. The van der Waals surface area contributed by atoms with Crippen LogP contribution in [0.2, 0.25) is 0 Å². The van der Waals surface area contributed by atoms with Crippen molar-refractivity contribution < 1.29 is 8.78 Å². The molecule has 4 rings (SSSR count). The average molecular weight is 467 g/mol. The van der Waals surface area contributed by atoms with Crippen LogP contribution >= 0.6 is 0 Å². The molecule has 0 bridgehead atoms. The molecule has 2 fully saturated rings. The Bertz CT molecular complexity index is 898. The molecule has 1 atom stereocenters. The third-order valence-electron chi connectivity index (χ3n) is 7.77. The molecule has 4 heteroatoms. The summed E-state index contributed by atoms with van der Waals surface area (Å²) in [7, 11) is 2.14. The highest BCUT2D eigenvalue weighted by molar-refractivity contribution is 5.43. The van der Waals surface area contributed by atoms with Crippen LogP contribution in [0.4, 0.5) is 8.78 Å². The van der Waals surface area contributed by atoms with Crippen molar-refractivity contribution in [3.63, 3.8) is 0 Å². The van der Waals surface area contributed by atoms with E-state index >= 15 is 8.78 Å². The second kappa shape index (κ2) is 11.9. The van der Waals surface area contributed by atoms with Crippen LogP contribution in [0.15, 0.2) is 48.5 Å². The molecule has 0 radical (unpaired) electrons. The first kappa shape index (κ1) is 26.4. The van der Waals surface area contributed by atoms with Crippen LogP contribution < -0.4 is 0 Å². The molecule has 0 heterocycles. The van der Waals surface area contributed by atoms with E-state index in [4.69, 9.17) is 5.26 Å². The van der Waals surface area contributed by atoms with Gasteiger partial charge in [0.15, 0.2) is 0 Å². The molecule has 0 amide bonds. The lowest BCUT2D eigenvalue weighted by atomic mass is 9.80. The fourth-order valence-electron chi connectivity index (χ4n) is 5.71. The summed E-state index contributed by atoms with van der Waals surface area (Å²) in [6.07, 6.45) is 7.65. The van der Waals surface area contributed by atoms with Gasteiger partial charge in [-0.25, -0.2) is 8.78 Å². The highest BCUT2D eigenvalue weighted by Crippen LogP contribution is 2.49. The summed E-state index contributed by atoms with van der Waals surface area (Å²) in [6, 6.07) is 18.4. The number of nitrogens with zero attached hydrogens (tertiary/aromatic N) is 2. The molecule has 2 aromatic carbocycles. The molecule has 0 aromatic heterocycles. The van der Waals surface area contributed by atoms with Gasteiger partial charge in [-0.1, -0.05) is 48.5 Å². The van der Waals surface area contributed by atoms with Crippen molar-refractivity contribution in [1.82, 2.24) is 4.90 Å². The minimum atomic E-state index is -1.28. The number of hydrogen-bond acceptors (Lipinski definition) is 2. The van der Waals surface area contributed by atoms with Crippen LogP contribution in [0.25, 0.3) is 0 Å². The van der Waals surface area contributed by atoms with Crippen molar-refractivity contribution in [2.45, 2.75) is 102 Å². The van der Waals surface area contributed by atoms with Crippen LogP contribution in [0.5, 0.6) is 0 Å². The maximum atomic E-state index is 15.9. The molecule has 2 nitrogen and oxygen atoms in total. The van der Waals surface area contributed by atoms with Crippen LogP contribution in [-0.4, -0.2) is 18.0 Å². The molecule has 1 unspecified atom stereocenters. The van der Waals surface area contributed by atoms with Gasteiger partial charge in [0, 0.05) is 19.5 Å². The molecule has 2 aromatic rings. The first-order valence-electron chi connectivity index (χ1n) is 12.9. The molecule has 0 aliphatic heterocycles. The largest absolute Gasteiger partial charge is 0.299 e. The number of hydrogen-bond donors (Lipinski definition) is 0. The van der Waals surface area contributed by atoms with E-state index in [1.807, 2.05) is 24.3 Å². The van der Waals surface area contributed by atoms with Crippen molar-refractivity contribution in [1.29, 1.82) is 5.26 Å². The zero-order valence-electron chi connectivity index (χ0n) is 21.1. The molecular weight excluding hydrogens is 426 g/mol. The topological polar surface area (TPSA) is 27.0 Å². The number of benzene rings is 2. The lowest BCUT2D eigenvalue weighted by Crippen LogP contribution is -2.30. The van der Waals surface area contributed by atoms with Gasteiger partial charge in [0.1, 0.15) is 11.3 Å². The summed E-state index contributed by atoms with van der Waals surface area (Å²) in [4.78, 5) is 2.35. The van der Waals surface area contributed by atoms with E-state index < -0.39 is 11.3 Å². The molecule has 34 heavy (non-hydrogen) atoms. The highest BCUT2D eigenvalue weighted by Gasteiger charge is 2.42. The van der Waals surface area contributed by atoms with E-state index in [0.29, 0.717) is 31.7 Å². The zero-order chi connectivity index (χ0) is 24.6. The van der Waals surface area contributed by atoms with Gasteiger partial charge >= 0.3 is 0 Å². The van der Waals surface area contributed by atoms with Crippen molar-refractivity contribution in [3.05, 3.63) is 70.8 Å². The van der Waals surface area contributed by atoms with E-state index in [0.717, 1.165) is 61.8 Å². The van der Waals surface area contributed by atoms with Crippen molar-refractivity contribution in [2.75, 3.05) is 7.05 Å². The second-order valence-corrected chi connectivity index (χ2v) is 10.2. The molecule has 0 saturated heterocycles. The third-order valence-corrected chi connectivity index (χ3v) is 7.77. The van der Waals surface area contributed by atoms with Gasteiger partial charge in [-0.2, -0.15) is 5.26 Å². The summed E-state index contributed by atoms with van der Waals surface area (Å²) in [5.41, 5.74) is 1.27. The molecule has 0 spiro atoms. The Morgan fingerprint density at radius 1 is 0.882 bits per heavy atom. The van der Waals surface area contributed by atoms with Crippen molar-refractivity contribution in [3.8, 4) is 6.07 Å². The summed E-state index contributed by atoms with van der Waals surface area (Å²) in [5, 5.41) is 7.32. The smallest absolute Gasteiger partial charge is 0.136 e. The Morgan fingerprint density at radius 2 is 1.35 bits per heavy atom. The maximum absolute atomic E-state index is 15.9. The summed E-state index contributed by atoms with van der Waals surface area (Å²) >= 11 is 0. The zero-order valence-corrected chi connectivity index (χ0v) is 21.1. The van der Waals surface area contributed by atoms with E-state index in [9.17, 15) is 0 Å². The van der Waals surface area contributed by atoms with Crippen molar-refractivity contribution in [2.24, 2.45) is 0 Å². The first-order valence-corrected chi connectivity index (χ1v) is 12.9. The molecule has 2 aliphatic rings. The van der Waals surface area contributed by atoms with E-state index in [1.54, 1.807) is 6.07 Å². The number of halogens is 2. The molecule has 0 N–H and O–H groups in total. The minimum absolute atomic E-state index is 0.333. The quantitative estimate of drug-likeness (QED) is 0.392. The minimum Gasteiger partial charge on any atom is -0.299 e. The number of nitriles is 1.